The molecule has 1 rings (SSSR count). The van der Waals surface area contributed by atoms with Crippen LogP contribution in [0.2, 0.25) is 0 Å². The van der Waals surface area contributed by atoms with E-state index in [2.05, 4.69) is 21.2 Å². The Hall–Kier alpha value is -1.36. The molecule has 0 heterocycles. The largest absolute Gasteiger partial charge is 0.453 e. The first-order valence-corrected chi connectivity index (χ1v) is 5.87. The molecular formula is C12H14BrNO3. The lowest BCUT2D eigenvalue weighted by atomic mass is 10.2. The van der Waals surface area contributed by atoms with Crippen LogP contribution in [0.5, 0.6) is 0 Å². The summed E-state index contributed by atoms with van der Waals surface area (Å²) < 4.78 is 5.76. The van der Waals surface area contributed by atoms with Gasteiger partial charge in [0.25, 0.3) is 0 Å². The van der Waals surface area contributed by atoms with Gasteiger partial charge in [-0.2, -0.15) is 0 Å². The van der Waals surface area contributed by atoms with E-state index in [9.17, 15) is 9.59 Å². The summed E-state index contributed by atoms with van der Waals surface area (Å²) in [5, 5.41) is 2.46. The number of hydrogen-bond acceptors (Lipinski definition) is 3. The fourth-order valence-corrected chi connectivity index (χ4v) is 1.47. The Morgan fingerprint density at radius 1 is 1.29 bits per heavy atom. The SMILES string of the molecule is CC(C)(C)OC(=O)C(=O)Nc1cccc(Br)c1. The maximum Gasteiger partial charge on any atom is 0.397 e. The van der Waals surface area contributed by atoms with Crippen LogP contribution in [-0.2, 0) is 14.3 Å². The first-order valence-electron chi connectivity index (χ1n) is 5.08. The number of esters is 1. The highest BCUT2D eigenvalue weighted by atomic mass is 79.9. The summed E-state index contributed by atoms with van der Waals surface area (Å²) in [5.41, 5.74) is -0.138. The lowest BCUT2D eigenvalue weighted by Crippen LogP contribution is -2.32. The molecule has 1 aromatic rings. The van der Waals surface area contributed by atoms with Crippen LogP contribution in [0.25, 0.3) is 0 Å². The number of benzene rings is 1. The van der Waals surface area contributed by atoms with Gasteiger partial charge in [0.05, 0.1) is 0 Å². The van der Waals surface area contributed by atoms with Crippen molar-refractivity contribution >= 4 is 33.5 Å². The topological polar surface area (TPSA) is 55.4 Å². The zero-order chi connectivity index (χ0) is 13.1. The number of ether oxygens (including phenoxy) is 1. The molecule has 0 aromatic heterocycles. The molecule has 0 bridgehead atoms. The zero-order valence-corrected chi connectivity index (χ0v) is 11.5. The van der Waals surface area contributed by atoms with Gasteiger partial charge in [0.15, 0.2) is 0 Å². The maximum atomic E-state index is 11.5. The van der Waals surface area contributed by atoms with Gasteiger partial charge in [-0.3, -0.25) is 4.79 Å². The lowest BCUT2D eigenvalue weighted by Gasteiger charge is -2.18. The Morgan fingerprint density at radius 2 is 1.94 bits per heavy atom. The van der Waals surface area contributed by atoms with E-state index in [4.69, 9.17) is 4.74 Å². The normalized spacial score (nSPS) is 10.8. The molecular weight excluding hydrogens is 286 g/mol. The first-order chi connectivity index (χ1) is 7.78. The van der Waals surface area contributed by atoms with Crippen molar-refractivity contribution < 1.29 is 14.3 Å². The molecule has 0 aliphatic heterocycles. The summed E-state index contributed by atoms with van der Waals surface area (Å²) in [7, 11) is 0. The van der Waals surface area contributed by atoms with Crippen LogP contribution in [0.15, 0.2) is 28.7 Å². The quantitative estimate of drug-likeness (QED) is 0.641. The van der Waals surface area contributed by atoms with Crippen molar-refractivity contribution in [2.75, 3.05) is 5.32 Å². The average Bonchev–Trinajstić information content (AvgIpc) is 2.14. The molecule has 0 fully saturated rings. The number of halogens is 1. The number of hydrogen-bond donors (Lipinski definition) is 1. The van der Waals surface area contributed by atoms with Gasteiger partial charge in [0.2, 0.25) is 0 Å². The summed E-state index contributed by atoms with van der Waals surface area (Å²) in [5.74, 6) is -1.67. The summed E-state index contributed by atoms with van der Waals surface area (Å²) in [4.78, 5) is 22.9. The highest BCUT2D eigenvalue weighted by molar-refractivity contribution is 9.10. The number of nitrogens with one attached hydrogen (secondary N) is 1. The van der Waals surface area contributed by atoms with Crippen molar-refractivity contribution in [2.24, 2.45) is 0 Å². The third-order valence-corrected chi connectivity index (χ3v) is 2.16. The van der Waals surface area contributed by atoms with Gasteiger partial charge in [0.1, 0.15) is 5.60 Å². The maximum absolute atomic E-state index is 11.5. The molecule has 0 unspecified atom stereocenters. The van der Waals surface area contributed by atoms with Gasteiger partial charge >= 0.3 is 11.9 Å². The number of amides is 1. The molecule has 4 nitrogen and oxygen atoms in total. The first kappa shape index (κ1) is 13.7. The van der Waals surface area contributed by atoms with Gasteiger partial charge in [-0.05, 0) is 39.0 Å². The summed E-state index contributed by atoms with van der Waals surface area (Å²) in [6, 6.07) is 6.97. The molecule has 1 amide bonds. The fraction of sp³-hybridized carbons (Fsp3) is 0.333. The van der Waals surface area contributed by atoms with E-state index in [0.29, 0.717) is 5.69 Å². The predicted octanol–water partition coefficient (Wildman–Crippen LogP) is 2.73. The van der Waals surface area contributed by atoms with E-state index in [1.807, 2.05) is 6.07 Å². The highest BCUT2D eigenvalue weighted by Gasteiger charge is 2.22. The minimum absolute atomic E-state index is 0.537. The van der Waals surface area contributed by atoms with Gasteiger partial charge in [-0.1, -0.05) is 22.0 Å². The van der Waals surface area contributed by atoms with Crippen LogP contribution < -0.4 is 5.32 Å². The second kappa shape index (κ2) is 5.31. The Balaban J connectivity index is 2.64. The van der Waals surface area contributed by atoms with E-state index in [1.54, 1.807) is 39.0 Å². The summed E-state index contributed by atoms with van der Waals surface area (Å²) in [6.07, 6.45) is 0. The Labute approximate surface area is 108 Å². The van der Waals surface area contributed by atoms with Gasteiger partial charge < -0.3 is 10.1 Å². The number of carbonyl (C=O) groups is 2. The third-order valence-electron chi connectivity index (χ3n) is 1.67. The molecule has 1 N–H and O–H groups in total. The number of carbonyl (C=O) groups excluding carboxylic acids is 2. The zero-order valence-electron chi connectivity index (χ0n) is 9.91. The standard InChI is InChI=1S/C12H14BrNO3/c1-12(2,3)17-11(16)10(15)14-9-6-4-5-8(13)7-9/h4-7H,1-3H3,(H,14,15). The van der Waals surface area contributed by atoms with Crippen LogP contribution in [0, 0.1) is 0 Å². The number of rotatable bonds is 1. The van der Waals surface area contributed by atoms with E-state index in [0.717, 1.165) is 4.47 Å². The number of anilines is 1. The van der Waals surface area contributed by atoms with Crippen molar-refractivity contribution in [3.63, 3.8) is 0 Å². The minimum Gasteiger partial charge on any atom is -0.453 e. The third kappa shape index (κ3) is 4.99. The van der Waals surface area contributed by atoms with E-state index in [-0.39, 0.29) is 0 Å². The van der Waals surface area contributed by atoms with Crippen molar-refractivity contribution in [2.45, 2.75) is 26.4 Å². The second-order valence-electron chi connectivity index (χ2n) is 4.47. The molecule has 0 saturated carbocycles. The van der Waals surface area contributed by atoms with E-state index < -0.39 is 17.5 Å². The van der Waals surface area contributed by atoms with Crippen LogP contribution in [-0.4, -0.2) is 17.5 Å². The van der Waals surface area contributed by atoms with Gasteiger partial charge in [-0.15, -0.1) is 0 Å². The van der Waals surface area contributed by atoms with Crippen LogP contribution in [0.3, 0.4) is 0 Å². The molecule has 0 radical (unpaired) electrons. The predicted molar refractivity (Wildman–Crippen MR) is 68.6 cm³/mol. The van der Waals surface area contributed by atoms with Crippen molar-refractivity contribution in [1.29, 1.82) is 0 Å². The lowest BCUT2D eigenvalue weighted by molar-refractivity contribution is -0.161. The Bertz CT molecular complexity index is 438. The fourth-order valence-electron chi connectivity index (χ4n) is 1.07. The van der Waals surface area contributed by atoms with Crippen molar-refractivity contribution in [3.8, 4) is 0 Å². The molecule has 17 heavy (non-hydrogen) atoms. The van der Waals surface area contributed by atoms with Crippen LogP contribution in [0.4, 0.5) is 5.69 Å². The molecule has 1 aromatic carbocycles. The molecule has 0 saturated heterocycles. The summed E-state index contributed by atoms with van der Waals surface area (Å²) in [6.45, 7) is 5.12. The second-order valence-corrected chi connectivity index (χ2v) is 5.38. The van der Waals surface area contributed by atoms with E-state index >= 15 is 0 Å². The summed E-state index contributed by atoms with van der Waals surface area (Å²) >= 11 is 3.27. The van der Waals surface area contributed by atoms with Gasteiger partial charge in [-0.25, -0.2) is 4.79 Å². The van der Waals surface area contributed by atoms with Crippen molar-refractivity contribution in [3.05, 3.63) is 28.7 Å². The molecule has 0 aliphatic rings. The average molecular weight is 300 g/mol. The smallest absolute Gasteiger partial charge is 0.397 e. The molecule has 5 heteroatoms. The minimum atomic E-state index is -0.891. The molecule has 0 atom stereocenters. The van der Waals surface area contributed by atoms with Gasteiger partial charge in [0, 0.05) is 10.2 Å². The van der Waals surface area contributed by atoms with E-state index in [1.165, 1.54) is 0 Å². The Morgan fingerprint density at radius 3 is 2.47 bits per heavy atom. The monoisotopic (exact) mass is 299 g/mol. The Kier molecular flexibility index (Phi) is 4.28. The molecule has 0 aliphatic carbocycles. The van der Waals surface area contributed by atoms with Crippen LogP contribution in [0.1, 0.15) is 20.8 Å². The van der Waals surface area contributed by atoms with Crippen molar-refractivity contribution in [1.82, 2.24) is 0 Å². The highest BCUT2D eigenvalue weighted by Crippen LogP contribution is 2.16. The molecule has 0 spiro atoms. The van der Waals surface area contributed by atoms with Crippen LogP contribution >= 0.6 is 15.9 Å². The molecule has 92 valence electrons.